The van der Waals surface area contributed by atoms with Gasteiger partial charge in [0.05, 0.1) is 12.2 Å². The van der Waals surface area contributed by atoms with Gasteiger partial charge in [0.2, 0.25) is 0 Å². The Labute approximate surface area is 128 Å². The molecule has 0 heterocycles. The molecule has 4 N–H and O–H groups in total. The summed E-state index contributed by atoms with van der Waals surface area (Å²) in [6, 6.07) is 10.1. The molecule has 0 radical (unpaired) electrons. The Hall–Kier alpha value is -1.65. The van der Waals surface area contributed by atoms with Crippen molar-refractivity contribution in [2.75, 3.05) is 0 Å². The van der Waals surface area contributed by atoms with Gasteiger partial charge in [-0.1, -0.05) is 50.1 Å². The third-order valence-electron chi connectivity index (χ3n) is 3.41. The summed E-state index contributed by atoms with van der Waals surface area (Å²) < 4.78 is 0. The molecular weight excluding hydrogens is 260 g/mol. The van der Waals surface area contributed by atoms with E-state index >= 15 is 0 Å². The zero-order valence-electron chi connectivity index (χ0n) is 13.3. The first-order chi connectivity index (χ1) is 9.96. The SMILES string of the molecule is C=N/C(=C\N(N)Cc1ccccc1)CC(C)(N)CCCC. The van der Waals surface area contributed by atoms with E-state index in [9.17, 15) is 0 Å². The maximum absolute atomic E-state index is 6.32. The van der Waals surface area contributed by atoms with E-state index < -0.39 is 0 Å². The zero-order valence-corrected chi connectivity index (χ0v) is 13.3. The molecule has 116 valence electrons. The van der Waals surface area contributed by atoms with Crippen LogP contribution in [0.15, 0.2) is 47.2 Å². The molecule has 0 aliphatic carbocycles. The van der Waals surface area contributed by atoms with E-state index in [-0.39, 0.29) is 5.54 Å². The quantitative estimate of drug-likeness (QED) is 0.416. The lowest BCUT2D eigenvalue weighted by Crippen LogP contribution is -2.36. The van der Waals surface area contributed by atoms with Crippen LogP contribution in [0.2, 0.25) is 0 Å². The van der Waals surface area contributed by atoms with Gasteiger partial charge in [-0.15, -0.1) is 0 Å². The average Bonchev–Trinajstić information content (AvgIpc) is 2.45. The minimum atomic E-state index is -0.267. The first-order valence-corrected chi connectivity index (χ1v) is 7.48. The van der Waals surface area contributed by atoms with Gasteiger partial charge >= 0.3 is 0 Å². The third-order valence-corrected chi connectivity index (χ3v) is 3.41. The molecular formula is C17H28N4. The topological polar surface area (TPSA) is 67.6 Å². The molecule has 1 unspecified atom stereocenters. The number of hydrogen-bond acceptors (Lipinski definition) is 4. The molecule has 4 heteroatoms. The highest BCUT2D eigenvalue weighted by atomic mass is 15.4. The largest absolute Gasteiger partial charge is 0.325 e. The Morgan fingerprint density at radius 2 is 2.05 bits per heavy atom. The van der Waals surface area contributed by atoms with Crippen molar-refractivity contribution in [3.63, 3.8) is 0 Å². The molecule has 0 amide bonds. The average molecular weight is 288 g/mol. The lowest BCUT2D eigenvalue weighted by Gasteiger charge is -2.25. The standard InChI is InChI=1S/C17H28N4/c1-4-5-11-17(2,18)12-16(20-3)14-21(19)13-15-9-7-6-8-10-15/h6-10,14H,3-5,11-13,18-19H2,1-2H3/b16-14-. The molecule has 4 nitrogen and oxygen atoms in total. The highest BCUT2D eigenvalue weighted by molar-refractivity contribution is 5.29. The molecule has 21 heavy (non-hydrogen) atoms. The fraction of sp³-hybridized carbons (Fsp3) is 0.471. The molecule has 0 spiro atoms. The van der Waals surface area contributed by atoms with Crippen LogP contribution in [-0.4, -0.2) is 17.3 Å². The highest BCUT2D eigenvalue weighted by Crippen LogP contribution is 2.21. The fourth-order valence-electron chi connectivity index (χ4n) is 2.26. The van der Waals surface area contributed by atoms with Crippen LogP contribution in [0.5, 0.6) is 0 Å². The zero-order chi connectivity index (χ0) is 15.7. The summed E-state index contributed by atoms with van der Waals surface area (Å²) in [7, 11) is 0. The summed E-state index contributed by atoms with van der Waals surface area (Å²) in [5.74, 6) is 6.03. The number of nitrogens with zero attached hydrogens (tertiary/aromatic N) is 2. The van der Waals surface area contributed by atoms with Gasteiger partial charge in [0.25, 0.3) is 0 Å². The Morgan fingerprint density at radius 1 is 1.38 bits per heavy atom. The van der Waals surface area contributed by atoms with Crippen molar-refractivity contribution in [2.24, 2.45) is 16.6 Å². The van der Waals surface area contributed by atoms with Crippen molar-refractivity contribution in [3.05, 3.63) is 47.8 Å². The van der Waals surface area contributed by atoms with Crippen molar-refractivity contribution in [1.82, 2.24) is 5.01 Å². The maximum Gasteiger partial charge on any atom is 0.0587 e. The van der Waals surface area contributed by atoms with E-state index in [1.54, 1.807) is 5.01 Å². The second kappa shape index (κ2) is 8.60. The lowest BCUT2D eigenvalue weighted by atomic mass is 9.91. The number of nitrogens with two attached hydrogens (primary N) is 2. The van der Waals surface area contributed by atoms with E-state index in [2.05, 4.69) is 25.6 Å². The molecule has 0 bridgehead atoms. The van der Waals surface area contributed by atoms with Crippen molar-refractivity contribution in [2.45, 2.75) is 51.6 Å². The number of hydrazine groups is 1. The Morgan fingerprint density at radius 3 is 2.62 bits per heavy atom. The summed E-state index contributed by atoms with van der Waals surface area (Å²) >= 11 is 0. The van der Waals surface area contributed by atoms with Gasteiger partial charge in [0, 0.05) is 18.2 Å². The second-order valence-electron chi connectivity index (χ2n) is 5.87. The fourth-order valence-corrected chi connectivity index (χ4v) is 2.26. The van der Waals surface area contributed by atoms with Gasteiger partial charge in [-0.3, -0.25) is 4.99 Å². The molecule has 0 saturated carbocycles. The van der Waals surface area contributed by atoms with Crippen LogP contribution in [0, 0.1) is 0 Å². The van der Waals surface area contributed by atoms with Gasteiger partial charge in [0.1, 0.15) is 0 Å². The number of aliphatic imine (C=N–C) groups is 1. The Balaban J connectivity index is 2.63. The third kappa shape index (κ3) is 7.06. The molecule has 1 atom stereocenters. The first kappa shape index (κ1) is 17.4. The van der Waals surface area contributed by atoms with E-state index in [0.717, 1.165) is 30.5 Å². The molecule has 1 rings (SSSR count). The number of benzene rings is 1. The van der Waals surface area contributed by atoms with E-state index in [0.29, 0.717) is 13.0 Å². The summed E-state index contributed by atoms with van der Waals surface area (Å²) in [4.78, 5) is 4.07. The monoisotopic (exact) mass is 288 g/mol. The number of hydrogen-bond donors (Lipinski definition) is 2. The van der Waals surface area contributed by atoms with Crippen molar-refractivity contribution in [1.29, 1.82) is 0 Å². The molecule has 0 fully saturated rings. The van der Waals surface area contributed by atoms with Crippen LogP contribution in [-0.2, 0) is 6.54 Å². The van der Waals surface area contributed by atoms with E-state index in [1.807, 2.05) is 36.5 Å². The number of unbranched alkanes of at least 4 members (excludes halogenated alkanes) is 1. The summed E-state index contributed by atoms with van der Waals surface area (Å²) in [6.07, 6.45) is 5.74. The normalized spacial score (nSPS) is 14.6. The summed E-state index contributed by atoms with van der Waals surface area (Å²) in [5, 5.41) is 1.63. The van der Waals surface area contributed by atoms with Crippen LogP contribution < -0.4 is 11.6 Å². The van der Waals surface area contributed by atoms with Crippen LogP contribution >= 0.6 is 0 Å². The van der Waals surface area contributed by atoms with Gasteiger partial charge in [-0.2, -0.15) is 0 Å². The lowest BCUT2D eigenvalue weighted by molar-refractivity contribution is 0.370. The molecule has 0 aliphatic rings. The highest BCUT2D eigenvalue weighted by Gasteiger charge is 2.19. The predicted octanol–water partition coefficient (Wildman–Crippen LogP) is 3.20. The smallest absolute Gasteiger partial charge is 0.0587 e. The molecule has 1 aromatic rings. The summed E-state index contributed by atoms with van der Waals surface area (Å²) in [5.41, 5.74) is 8.03. The first-order valence-electron chi connectivity index (χ1n) is 7.48. The van der Waals surface area contributed by atoms with Gasteiger partial charge in [0.15, 0.2) is 0 Å². The van der Waals surface area contributed by atoms with E-state index in [4.69, 9.17) is 11.6 Å². The Bertz CT molecular complexity index is 451. The van der Waals surface area contributed by atoms with Gasteiger partial charge < -0.3 is 10.7 Å². The predicted molar refractivity (Wildman–Crippen MR) is 90.5 cm³/mol. The Kier molecular flexibility index (Phi) is 7.12. The molecule has 0 aliphatic heterocycles. The molecule has 0 saturated heterocycles. The van der Waals surface area contributed by atoms with Crippen LogP contribution in [0.25, 0.3) is 0 Å². The van der Waals surface area contributed by atoms with Crippen molar-refractivity contribution < 1.29 is 0 Å². The minimum Gasteiger partial charge on any atom is -0.325 e. The van der Waals surface area contributed by atoms with Crippen LogP contribution in [0.4, 0.5) is 0 Å². The van der Waals surface area contributed by atoms with Gasteiger partial charge in [-0.05, 0) is 25.6 Å². The van der Waals surface area contributed by atoms with Crippen LogP contribution in [0.1, 0.15) is 45.1 Å². The van der Waals surface area contributed by atoms with Crippen molar-refractivity contribution in [3.8, 4) is 0 Å². The summed E-state index contributed by atoms with van der Waals surface area (Å²) in [6.45, 7) is 8.49. The molecule has 1 aromatic carbocycles. The molecule has 0 aromatic heterocycles. The minimum absolute atomic E-state index is 0.267. The second-order valence-corrected chi connectivity index (χ2v) is 5.87. The van der Waals surface area contributed by atoms with Crippen molar-refractivity contribution >= 4 is 6.72 Å². The van der Waals surface area contributed by atoms with E-state index in [1.165, 1.54) is 0 Å². The number of rotatable bonds is 9. The van der Waals surface area contributed by atoms with Crippen LogP contribution in [0.3, 0.4) is 0 Å². The maximum atomic E-state index is 6.32. The van der Waals surface area contributed by atoms with Gasteiger partial charge in [-0.25, -0.2) is 5.84 Å².